The molecule has 12 heavy (non-hydrogen) atoms. The van der Waals surface area contributed by atoms with Crippen molar-refractivity contribution in [2.24, 2.45) is 0 Å². The van der Waals surface area contributed by atoms with Crippen LogP contribution in [-0.2, 0) is 0 Å². The molecule has 0 radical (unpaired) electrons. The quantitative estimate of drug-likeness (QED) is 0.549. The number of aliphatic hydroxyl groups is 1. The molecule has 0 heterocycles. The zero-order chi connectivity index (χ0) is 8.39. The molecule has 0 aromatic carbocycles. The molecule has 2 aliphatic rings. The van der Waals surface area contributed by atoms with Crippen molar-refractivity contribution in [3.05, 3.63) is 11.1 Å². The minimum Gasteiger partial charge on any atom is -0.389 e. The molecular formula is C11H18O. The zero-order valence-corrected chi connectivity index (χ0v) is 7.68. The highest BCUT2D eigenvalue weighted by atomic mass is 16.3. The third kappa shape index (κ3) is 1.56. The Balaban J connectivity index is 2.10. The third-order valence-corrected chi connectivity index (χ3v) is 3.25. The summed E-state index contributed by atoms with van der Waals surface area (Å²) < 4.78 is 0. The number of hydrogen-bond donors (Lipinski definition) is 1. The van der Waals surface area contributed by atoms with Crippen molar-refractivity contribution >= 4 is 0 Å². The van der Waals surface area contributed by atoms with Crippen LogP contribution in [0, 0.1) is 0 Å². The molecule has 0 aliphatic heterocycles. The lowest BCUT2D eigenvalue weighted by atomic mass is 9.95. The molecule has 1 nitrogen and oxygen atoms in total. The van der Waals surface area contributed by atoms with E-state index in [1.807, 2.05) is 0 Å². The van der Waals surface area contributed by atoms with Crippen molar-refractivity contribution in [1.82, 2.24) is 0 Å². The van der Waals surface area contributed by atoms with E-state index in [4.69, 9.17) is 0 Å². The van der Waals surface area contributed by atoms with Gasteiger partial charge >= 0.3 is 0 Å². The van der Waals surface area contributed by atoms with Crippen molar-refractivity contribution in [2.45, 2.75) is 57.5 Å². The van der Waals surface area contributed by atoms with Gasteiger partial charge in [0.25, 0.3) is 0 Å². The Bertz CT molecular complexity index is 193. The smallest absolute Gasteiger partial charge is 0.0755 e. The number of hydrogen-bond acceptors (Lipinski definition) is 1. The van der Waals surface area contributed by atoms with E-state index in [1.54, 1.807) is 5.57 Å². The Morgan fingerprint density at radius 3 is 2.50 bits per heavy atom. The summed E-state index contributed by atoms with van der Waals surface area (Å²) in [5.74, 6) is 0. The van der Waals surface area contributed by atoms with Gasteiger partial charge in [-0.05, 0) is 44.1 Å². The van der Waals surface area contributed by atoms with Crippen LogP contribution in [0.25, 0.3) is 0 Å². The van der Waals surface area contributed by atoms with Gasteiger partial charge in [0, 0.05) is 0 Å². The lowest BCUT2D eigenvalue weighted by Gasteiger charge is -2.13. The van der Waals surface area contributed by atoms with Gasteiger partial charge in [0.15, 0.2) is 0 Å². The molecular weight excluding hydrogens is 148 g/mol. The molecule has 0 fully saturated rings. The molecule has 0 saturated carbocycles. The molecule has 1 N–H and O–H groups in total. The van der Waals surface area contributed by atoms with E-state index in [-0.39, 0.29) is 6.10 Å². The van der Waals surface area contributed by atoms with E-state index in [0.717, 1.165) is 6.42 Å². The van der Waals surface area contributed by atoms with Crippen molar-refractivity contribution in [1.29, 1.82) is 0 Å². The molecule has 0 spiro atoms. The van der Waals surface area contributed by atoms with Crippen LogP contribution in [0.3, 0.4) is 0 Å². The van der Waals surface area contributed by atoms with Crippen LogP contribution in [0.5, 0.6) is 0 Å². The molecule has 0 aromatic heterocycles. The summed E-state index contributed by atoms with van der Waals surface area (Å²) in [6.45, 7) is 0. The maximum Gasteiger partial charge on any atom is 0.0755 e. The van der Waals surface area contributed by atoms with Gasteiger partial charge in [0.05, 0.1) is 6.10 Å². The SMILES string of the molecule is OC1CCC2=C1CCCCCC2. The highest BCUT2D eigenvalue weighted by molar-refractivity contribution is 5.24. The molecule has 2 rings (SSSR count). The van der Waals surface area contributed by atoms with Crippen molar-refractivity contribution in [2.75, 3.05) is 0 Å². The second-order valence-corrected chi connectivity index (χ2v) is 4.10. The highest BCUT2D eigenvalue weighted by Gasteiger charge is 2.23. The van der Waals surface area contributed by atoms with Crippen LogP contribution in [0.15, 0.2) is 11.1 Å². The third-order valence-electron chi connectivity index (χ3n) is 3.25. The summed E-state index contributed by atoms with van der Waals surface area (Å²) >= 11 is 0. The van der Waals surface area contributed by atoms with Crippen LogP contribution >= 0.6 is 0 Å². The first-order valence-corrected chi connectivity index (χ1v) is 5.27. The fourth-order valence-corrected chi connectivity index (χ4v) is 2.52. The standard InChI is InChI=1S/C11H18O/c12-11-8-7-9-5-3-1-2-4-6-10(9)11/h11-12H,1-8H2. The van der Waals surface area contributed by atoms with Gasteiger partial charge < -0.3 is 5.11 Å². The van der Waals surface area contributed by atoms with Gasteiger partial charge in [-0.3, -0.25) is 0 Å². The minimum atomic E-state index is -0.0712. The molecule has 0 saturated heterocycles. The van der Waals surface area contributed by atoms with Gasteiger partial charge in [-0.1, -0.05) is 18.4 Å². The van der Waals surface area contributed by atoms with E-state index in [0.29, 0.717) is 0 Å². The van der Waals surface area contributed by atoms with Gasteiger partial charge in [-0.25, -0.2) is 0 Å². The van der Waals surface area contributed by atoms with Gasteiger partial charge in [0.2, 0.25) is 0 Å². The van der Waals surface area contributed by atoms with Crippen molar-refractivity contribution in [3.63, 3.8) is 0 Å². The van der Waals surface area contributed by atoms with Crippen molar-refractivity contribution < 1.29 is 5.11 Å². The average molecular weight is 166 g/mol. The Hall–Kier alpha value is -0.300. The fraction of sp³-hybridized carbons (Fsp3) is 0.818. The maximum absolute atomic E-state index is 9.68. The molecule has 2 aliphatic carbocycles. The first kappa shape index (κ1) is 8.31. The molecule has 0 amide bonds. The van der Waals surface area contributed by atoms with E-state index >= 15 is 0 Å². The van der Waals surface area contributed by atoms with Gasteiger partial charge in [-0.15, -0.1) is 0 Å². The molecule has 68 valence electrons. The summed E-state index contributed by atoms with van der Waals surface area (Å²) in [7, 11) is 0. The first-order chi connectivity index (χ1) is 5.88. The lowest BCUT2D eigenvalue weighted by molar-refractivity contribution is 0.207. The lowest BCUT2D eigenvalue weighted by Crippen LogP contribution is -2.05. The summed E-state index contributed by atoms with van der Waals surface area (Å²) in [6, 6.07) is 0. The normalized spacial score (nSPS) is 31.2. The molecule has 1 heteroatoms. The second kappa shape index (κ2) is 3.61. The van der Waals surface area contributed by atoms with E-state index < -0.39 is 0 Å². The zero-order valence-electron chi connectivity index (χ0n) is 7.68. The topological polar surface area (TPSA) is 20.2 Å². The molecule has 1 atom stereocenters. The Labute approximate surface area is 74.5 Å². The van der Waals surface area contributed by atoms with E-state index in [9.17, 15) is 5.11 Å². The summed E-state index contributed by atoms with van der Waals surface area (Å²) in [4.78, 5) is 0. The Morgan fingerprint density at radius 2 is 1.67 bits per heavy atom. The summed E-state index contributed by atoms with van der Waals surface area (Å²) in [6.07, 6.45) is 9.97. The summed E-state index contributed by atoms with van der Waals surface area (Å²) in [5.41, 5.74) is 3.01. The number of allylic oxidation sites excluding steroid dienone is 1. The van der Waals surface area contributed by atoms with E-state index in [2.05, 4.69) is 0 Å². The minimum absolute atomic E-state index is 0.0712. The van der Waals surface area contributed by atoms with Crippen LogP contribution in [0.4, 0.5) is 0 Å². The number of aliphatic hydroxyl groups excluding tert-OH is 1. The van der Waals surface area contributed by atoms with Crippen LogP contribution in [0.2, 0.25) is 0 Å². The van der Waals surface area contributed by atoms with E-state index in [1.165, 1.54) is 50.5 Å². The van der Waals surface area contributed by atoms with Crippen LogP contribution < -0.4 is 0 Å². The van der Waals surface area contributed by atoms with Gasteiger partial charge in [0.1, 0.15) is 0 Å². The maximum atomic E-state index is 9.68. The Kier molecular flexibility index (Phi) is 2.50. The monoisotopic (exact) mass is 166 g/mol. The average Bonchev–Trinajstić information content (AvgIpc) is 2.31. The number of rotatable bonds is 0. The molecule has 0 bridgehead atoms. The fourth-order valence-electron chi connectivity index (χ4n) is 2.52. The second-order valence-electron chi connectivity index (χ2n) is 4.10. The molecule has 1 unspecified atom stereocenters. The Morgan fingerprint density at radius 1 is 0.917 bits per heavy atom. The molecule has 0 aromatic rings. The van der Waals surface area contributed by atoms with Crippen molar-refractivity contribution in [3.8, 4) is 0 Å². The summed E-state index contributed by atoms with van der Waals surface area (Å²) in [5, 5.41) is 9.68. The van der Waals surface area contributed by atoms with Crippen LogP contribution in [-0.4, -0.2) is 11.2 Å². The predicted molar refractivity (Wildman–Crippen MR) is 50.0 cm³/mol. The van der Waals surface area contributed by atoms with Crippen LogP contribution in [0.1, 0.15) is 51.4 Å². The largest absolute Gasteiger partial charge is 0.389 e. The van der Waals surface area contributed by atoms with Gasteiger partial charge in [-0.2, -0.15) is 0 Å². The highest BCUT2D eigenvalue weighted by Crippen LogP contribution is 2.35. The first-order valence-electron chi connectivity index (χ1n) is 5.27. The predicted octanol–water partition coefficient (Wildman–Crippen LogP) is 2.79.